The lowest BCUT2D eigenvalue weighted by Gasteiger charge is -2.33. The van der Waals surface area contributed by atoms with Crippen LogP contribution in [0.1, 0.15) is 38.6 Å². The molecular weight excluding hydrogens is 258 g/mol. The third-order valence-corrected chi connectivity index (χ3v) is 4.62. The molecule has 3 heterocycles. The minimum atomic E-state index is 0.212. The smallest absolute Gasteiger partial charge is 0.257 e. The predicted octanol–water partition coefficient (Wildman–Crippen LogP) is 3.59. The Morgan fingerprint density at radius 3 is 3.11 bits per heavy atom. The quantitative estimate of drug-likeness (QED) is 0.859. The largest absolute Gasteiger partial charge is 0.418 e. The molecule has 0 unspecified atom stereocenters. The summed E-state index contributed by atoms with van der Waals surface area (Å²) < 4.78 is 5.82. The summed E-state index contributed by atoms with van der Waals surface area (Å²) >= 11 is 1.63. The Labute approximate surface area is 117 Å². The number of hydrogen-bond donors (Lipinski definition) is 0. The molecule has 1 aliphatic rings. The molecule has 0 aliphatic carbocycles. The van der Waals surface area contributed by atoms with Crippen molar-refractivity contribution in [3.05, 3.63) is 23.4 Å². The average molecular weight is 277 g/mol. The number of hydrogen-bond acceptors (Lipinski definition) is 5. The molecule has 4 nitrogen and oxygen atoms in total. The van der Waals surface area contributed by atoms with Crippen molar-refractivity contribution >= 4 is 11.3 Å². The van der Waals surface area contributed by atoms with Crippen molar-refractivity contribution in [1.29, 1.82) is 0 Å². The molecule has 0 radical (unpaired) electrons. The summed E-state index contributed by atoms with van der Waals surface area (Å²) in [6.07, 6.45) is 2.59. The van der Waals surface area contributed by atoms with E-state index >= 15 is 0 Å². The fourth-order valence-electron chi connectivity index (χ4n) is 2.64. The van der Waals surface area contributed by atoms with Crippen molar-refractivity contribution < 1.29 is 4.42 Å². The zero-order valence-corrected chi connectivity index (χ0v) is 12.2. The molecule has 2 atom stereocenters. The van der Waals surface area contributed by atoms with Gasteiger partial charge in [-0.1, -0.05) is 13.0 Å². The number of nitrogens with zero attached hydrogens (tertiary/aromatic N) is 3. The average Bonchev–Trinajstić information content (AvgIpc) is 3.08. The standard InChI is InChI=1S/C14H19N3OS/c1-10-5-3-7-17(9-10)11(2)13-15-16-14(18-13)12-6-4-8-19-12/h4,6,8,10-11H,3,5,7,9H2,1-2H3/t10-,11+/m0/s1. The van der Waals surface area contributed by atoms with Crippen LogP contribution in [-0.4, -0.2) is 28.2 Å². The predicted molar refractivity (Wildman–Crippen MR) is 76.0 cm³/mol. The fourth-order valence-corrected chi connectivity index (χ4v) is 3.28. The number of likely N-dealkylation sites (tertiary alicyclic amines) is 1. The van der Waals surface area contributed by atoms with Crippen molar-refractivity contribution in [2.45, 2.75) is 32.7 Å². The van der Waals surface area contributed by atoms with Gasteiger partial charge in [-0.25, -0.2) is 0 Å². The van der Waals surface area contributed by atoms with E-state index in [0.717, 1.165) is 29.8 Å². The lowest BCUT2D eigenvalue weighted by molar-refractivity contribution is 0.122. The summed E-state index contributed by atoms with van der Waals surface area (Å²) in [5.41, 5.74) is 0. The van der Waals surface area contributed by atoms with Gasteiger partial charge in [0.2, 0.25) is 5.89 Å². The van der Waals surface area contributed by atoms with Crippen molar-refractivity contribution in [2.24, 2.45) is 5.92 Å². The Hall–Kier alpha value is -1.20. The molecule has 0 spiro atoms. The first kappa shape index (κ1) is 12.8. The first-order chi connectivity index (χ1) is 9.24. The molecule has 3 rings (SSSR count). The van der Waals surface area contributed by atoms with Crippen LogP contribution < -0.4 is 0 Å². The van der Waals surface area contributed by atoms with E-state index in [9.17, 15) is 0 Å². The third-order valence-electron chi connectivity index (χ3n) is 3.77. The van der Waals surface area contributed by atoms with Crippen molar-refractivity contribution in [3.63, 3.8) is 0 Å². The molecule has 2 aromatic rings. The summed E-state index contributed by atoms with van der Waals surface area (Å²) in [6, 6.07) is 4.22. The van der Waals surface area contributed by atoms with E-state index in [2.05, 4.69) is 28.9 Å². The van der Waals surface area contributed by atoms with E-state index in [1.54, 1.807) is 11.3 Å². The van der Waals surface area contributed by atoms with Gasteiger partial charge in [0.25, 0.3) is 5.89 Å². The SMILES string of the molecule is C[C@H]1CCCN([C@H](C)c2nnc(-c3cccs3)o2)C1. The molecule has 1 fully saturated rings. The zero-order chi connectivity index (χ0) is 13.2. The van der Waals surface area contributed by atoms with E-state index < -0.39 is 0 Å². The molecule has 1 saturated heterocycles. The molecule has 102 valence electrons. The van der Waals surface area contributed by atoms with Crippen LogP contribution in [0.15, 0.2) is 21.9 Å². The van der Waals surface area contributed by atoms with E-state index in [1.165, 1.54) is 12.8 Å². The van der Waals surface area contributed by atoms with Gasteiger partial charge in [-0.05, 0) is 43.7 Å². The summed E-state index contributed by atoms with van der Waals surface area (Å²) in [5.74, 6) is 2.13. The van der Waals surface area contributed by atoms with Gasteiger partial charge in [0.15, 0.2) is 0 Å². The van der Waals surface area contributed by atoms with Crippen LogP contribution in [0.4, 0.5) is 0 Å². The second-order valence-electron chi connectivity index (χ2n) is 5.34. The number of thiophene rings is 1. The van der Waals surface area contributed by atoms with Gasteiger partial charge in [-0.3, -0.25) is 4.90 Å². The lowest BCUT2D eigenvalue weighted by Crippen LogP contribution is -2.36. The highest BCUT2D eigenvalue weighted by Crippen LogP contribution is 2.29. The second kappa shape index (κ2) is 5.43. The van der Waals surface area contributed by atoms with Crippen LogP contribution in [0.5, 0.6) is 0 Å². The maximum atomic E-state index is 5.82. The van der Waals surface area contributed by atoms with Gasteiger partial charge < -0.3 is 4.42 Å². The Bertz CT molecular complexity index is 523. The molecule has 5 heteroatoms. The normalized spacial score (nSPS) is 22.5. The molecule has 1 aliphatic heterocycles. The first-order valence-electron chi connectivity index (χ1n) is 6.85. The summed E-state index contributed by atoms with van der Waals surface area (Å²) in [4.78, 5) is 3.48. The molecule has 0 bridgehead atoms. The summed E-state index contributed by atoms with van der Waals surface area (Å²) in [7, 11) is 0. The Kier molecular flexibility index (Phi) is 3.66. The van der Waals surface area contributed by atoms with Crippen LogP contribution in [0.3, 0.4) is 0 Å². The minimum Gasteiger partial charge on any atom is -0.418 e. The maximum absolute atomic E-state index is 5.82. The van der Waals surface area contributed by atoms with Gasteiger partial charge >= 0.3 is 0 Å². The molecule has 0 aromatic carbocycles. The molecule has 0 saturated carbocycles. The Morgan fingerprint density at radius 1 is 1.47 bits per heavy atom. The van der Waals surface area contributed by atoms with Gasteiger partial charge in [0, 0.05) is 6.54 Å². The van der Waals surface area contributed by atoms with Crippen LogP contribution in [0.2, 0.25) is 0 Å². The highest BCUT2D eigenvalue weighted by atomic mass is 32.1. The van der Waals surface area contributed by atoms with Gasteiger partial charge in [-0.15, -0.1) is 21.5 Å². The first-order valence-corrected chi connectivity index (χ1v) is 7.73. The van der Waals surface area contributed by atoms with Crippen LogP contribution in [0, 0.1) is 5.92 Å². The molecule has 0 N–H and O–H groups in total. The summed E-state index contributed by atoms with van der Waals surface area (Å²) in [5, 5.41) is 10.4. The topological polar surface area (TPSA) is 42.2 Å². The van der Waals surface area contributed by atoms with E-state index in [4.69, 9.17) is 4.42 Å². The second-order valence-corrected chi connectivity index (χ2v) is 6.29. The zero-order valence-electron chi connectivity index (χ0n) is 11.4. The molecular formula is C14H19N3OS. The van der Waals surface area contributed by atoms with Crippen LogP contribution >= 0.6 is 11.3 Å². The van der Waals surface area contributed by atoms with Gasteiger partial charge in [0.05, 0.1) is 10.9 Å². The van der Waals surface area contributed by atoms with Crippen LogP contribution in [-0.2, 0) is 0 Å². The van der Waals surface area contributed by atoms with Crippen LogP contribution in [0.25, 0.3) is 10.8 Å². The van der Waals surface area contributed by atoms with Gasteiger partial charge in [-0.2, -0.15) is 0 Å². The van der Waals surface area contributed by atoms with Crippen molar-refractivity contribution in [2.75, 3.05) is 13.1 Å². The Balaban J connectivity index is 1.75. The lowest BCUT2D eigenvalue weighted by atomic mass is 9.99. The summed E-state index contributed by atoms with van der Waals surface area (Å²) in [6.45, 7) is 6.72. The number of piperidine rings is 1. The third kappa shape index (κ3) is 2.72. The minimum absolute atomic E-state index is 0.212. The van der Waals surface area contributed by atoms with Crippen molar-refractivity contribution in [3.8, 4) is 10.8 Å². The van der Waals surface area contributed by atoms with Gasteiger partial charge in [0.1, 0.15) is 0 Å². The Morgan fingerprint density at radius 2 is 2.37 bits per heavy atom. The highest BCUT2D eigenvalue weighted by Gasteiger charge is 2.25. The highest BCUT2D eigenvalue weighted by molar-refractivity contribution is 7.13. The molecule has 2 aromatic heterocycles. The van der Waals surface area contributed by atoms with E-state index in [-0.39, 0.29) is 6.04 Å². The fraction of sp³-hybridized carbons (Fsp3) is 0.571. The number of aromatic nitrogens is 2. The molecule has 0 amide bonds. The number of rotatable bonds is 3. The van der Waals surface area contributed by atoms with E-state index in [0.29, 0.717) is 5.89 Å². The monoisotopic (exact) mass is 277 g/mol. The van der Waals surface area contributed by atoms with Crippen molar-refractivity contribution in [1.82, 2.24) is 15.1 Å². The van der Waals surface area contributed by atoms with E-state index in [1.807, 2.05) is 17.5 Å². The maximum Gasteiger partial charge on any atom is 0.257 e. The molecule has 19 heavy (non-hydrogen) atoms.